The maximum Gasteiger partial charge on any atom is 0.419 e. The number of nitrogens with two attached hydrogens (primary N) is 1. The monoisotopic (exact) mass is 373 g/mol. The molecule has 0 aliphatic heterocycles. The van der Waals surface area contributed by atoms with Crippen LogP contribution in [0.25, 0.3) is 11.3 Å². The molecule has 0 atom stereocenters. The van der Waals surface area contributed by atoms with Gasteiger partial charge >= 0.3 is 6.18 Å². The normalized spacial score (nSPS) is 11.4. The first-order valence-electron chi connectivity index (χ1n) is 8.36. The van der Waals surface area contributed by atoms with Gasteiger partial charge in [0.1, 0.15) is 5.56 Å². The summed E-state index contributed by atoms with van der Waals surface area (Å²) >= 11 is 0. The van der Waals surface area contributed by atoms with Gasteiger partial charge in [0.25, 0.3) is 0 Å². The number of nitrogens with zero attached hydrogens (tertiary/aromatic N) is 3. The molecule has 0 amide bonds. The van der Waals surface area contributed by atoms with Gasteiger partial charge in [-0.05, 0) is 42.7 Å². The van der Waals surface area contributed by atoms with Crippen LogP contribution in [0.3, 0.4) is 0 Å². The summed E-state index contributed by atoms with van der Waals surface area (Å²) in [6.07, 6.45) is 0.675. The summed E-state index contributed by atoms with van der Waals surface area (Å²) in [4.78, 5) is 11.7. The molecular weight excluding hydrogens is 355 g/mol. The van der Waals surface area contributed by atoms with Crippen molar-refractivity contribution in [3.63, 3.8) is 0 Å². The molecule has 0 spiro atoms. The van der Waals surface area contributed by atoms with E-state index in [9.17, 15) is 13.2 Å². The van der Waals surface area contributed by atoms with Crippen LogP contribution in [0.4, 0.5) is 24.8 Å². The fraction of sp³-hybridized carbons (Fsp3) is 0.211. The summed E-state index contributed by atoms with van der Waals surface area (Å²) in [5, 5.41) is 2.98. The van der Waals surface area contributed by atoms with Crippen LogP contribution in [-0.2, 0) is 12.6 Å². The predicted octanol–water partition coefficient (Wildman–Crippen LogP) is 4.18. The summed E-state index contributed by atoms with van der Waals surface area (Å²) in [7, 11) is 0. The van der Waals surface area contributed by atoms with Crippen molar-refractivity contribution in [1.82, 2.24) is 15.0 Å². The molecular formula is C19H18F3N5. The van der Waals surface area contributed by atoms with E-state index in [-0.39, 0.29) is 11.6 Å². The zero-order valence-electron chi connectivity index (χ0n) is 14.4. The van der Waals surface area contributed by atoms with Gasteiger partial charge in [-0.2, -0.15) is 13.2 Å². The van der Waals surface area contributed by atoms with Crippen molar-refractivity contribution < 1.29 is 13.2 Å². The van der Waals surface area contributed by atoms with E-state index in [4.69, 9.17) is 5.73 Å². The number of hydrogen-bond donors (Lipinski definition) is 2. The standard InChI is InChI=1S/C19H18F3N5/c20-19(21,22)16-12-26-18(27-17(16)14-6-9-24-10-7-14)25-8-2-4-13-3-1-5-15(23)11-13/h1,3,5-7,9-12H,2,4,8,23H2,(H,25,26,27). The highest BCUT2D eigenvalue weighted by Crippen LogP contribution is 2.35. The molecule has 3 rings (SSSR count). The van der Waals surface area contributed by atoms with Gasteiger partial charge in [-0.15, -0.1) is 0 Å². The lowest BCUT2D eigenvalue weighted by Crippen LogP contribution is -2.13. The average molecular weight is 373 g/mol. The van der Waals surface area contributed by atoms with Gasteiger partial charge in [0, 0.05) is 36.4 Å². The maximum absolute atomic E-state index is 13.3. The van der Waals surface area contributed by atoms with E-state index in [0.29, 0.717) is 17.8 Å². The van der Waals surface area contributed by atoms with Gasteiger partial charge < -0.3 is 11.1 Å². The number of aromatic nitrogens is 3. The highest BCUT2D eigenvalue weighted by Gasteiger charge is 2.35. The quantitative estimate of drug-likeness (QED) is 0.501. The van der Waals surface area contributed by atoms with Crippen molar-refractivity contribution in [3.05, 3.63) is 66.1 Å². The second-order valence-corrected chi connectivity index (χ2v) is 5.96. The second kappa shape index (κ2) is 8.03. The zero-order valence-corrected chi connectivity index (χ0v) is 14.4. The van der Waals surface area contributed by atoms with Gasteiger partial charge in [0.2, 0.25) is 5.95 Å². The number of benzene rings is 1. The largest absolute Gasteiger partial charge is 0.419 e. The van der Waals surface area contributed by atoms with Gasteiger partial charge in [-0.3, -0.25) is 4.98 Å². The Morgan fingerprint density at radius 1 is 1.07 bits per heavy atom. The number of rotatable bonds is 6. The molecule has 0 saturated carbocycles. The van der Waals surface area contributed by atoms with E-state index >= 15 is 0 Å². The van der Waals surface area contributed by atoms with Crippen LogP contribution in [0.15, 0.2) is 55.0 Å². The highest BCUT2D eigenvalue weighted by molar-refractivity contribution is 5.64. The number of aryl methyl sites for hydroxylation is 1. The molecule has 3 aromatic rings. The molecule has 8 heteroatoms. The molecule has 140 valence electrons. The predicted molar refractivity (Wildman–Crippen MR) is 97.9 cm³/mol. The Labute approximate surface area is 154 Å². The van der Waals surface area contributed by atoms with Crippen molar-refractivity contribution in [2.75, 3.05) is 17.6 Å². The van der Waals surface area contributed by atoms with E-state index in [1.54, 1.807) is 0 Å². The third kappa shape index (κ3) is 4.93. The fourth-order valence-electron chi connectivity index (χ4n) is 2.65. The number of nitrogens with one attached hydrogen (secondary N) is 1. The Balaban J connectivity index is 1.71. The van der Waals surface area contributed by atoms with E-state index in [1.807, 2.05) is 24.3 Å². The first-order chi connectivity index (χ1) is 12.9. The van der Waals surface area contributed by atoms with Gasteiger partial charge in [0.05, 0.1) is 5.69 Å². The van der Waals surface area contributed by atoms with Crippen LogP contribution >= 0.6 is 0 Å². The number of pyridine rings is 1. The SMILES string of the molecule is Nc1cccc(CCCNc2ncc(C(F)(F)F)c(-c3ccncc3)n2)c1. The summed E-state index contributed by atoms with van der Waals surface area (Å²) in [5.74, 6) is 0.155. The van der Waals surface area contributed by atoms with E-state index in [2.05, 4.69) is 20.3 Å². The number of halogens is 3. The summed E-state index contributed by atoms with van der Waals surface area (Å²) in [6.45, 7) is 0.524. The molecule has 2 heterocycles. The van der Waals surface area contributed by atoms with Crippen LogP contribution < -0.4 is 11.1 Å². The smallest absolute Gasteiger partial charge is 0.399 e. The third-order valence-electron chi connectivity index (χ3n) is 3.92. The Morgan fingerprint density at radius 3 is 2.56 bits per heavy atom. The van der Waals surface area contributed by atoms with Crippen molar-refractivity contribution in [2.45, 2.75) is 19.0 Å². The second-order valence-electron chi connectivity index (χ2n) is 5.96. The minimum absolute atomic E-state index is 0.155. The summed E-state index contributed by atoms with van der Waals surface area (Å²) in [5.41, 5.74) is 6.84. The molecule has 27 heavy (non-hydrogen) atoms. The first-order valence-corrected chi connectivity index (χ1v) is 8.36. The van der Waals surface area contributed by atoms with Crippen molar-refractivity contribution in [2.24, 2.45) is 0 Å². The lowest BCUT2D eigenvalue weighted by Gasteiger charge is -2.13. The molecule has 0 unspecified atom stereocenters. The van der Waals surface area contributed by atoms with E-state index in [0.717, 1.165) is 24.6 Å². The number of anilines is 2. The molecule has 0 aliphatic rings. The molecule has 1 aromatic carbocycles. The van der Waals surface area contributed by atoms with Crippen LogP contribution in [0.1, 0.15) is 17.5 Å². The molecule has 2 aromatic heterocycles. The van der Waals surface area contributed by atoms with Crippen molar-refractivity contribution >= 4 is 11.6 Å². The average Bonchev–Trinajstić information content (AvgIpc) is 2.65. The molecule has 0 fully saturated rings. The highest BCUT2D eigenvalue weighted by atomic mass is 19.4. The van der Waals surface area contributed by atoms with E-state index < -0.39 is 11.7 Å². The Hall–Kier alpha value is -3.16. The van der Waals surface area contributed by atoms with E-state index in [1.165, 1.54) is 24.5 Å². The molecule has 0 saturated heterocycles. The Kier molecular flexibility index (Phi) is 5.54. The Morgan fingerprint density at radius 2 is 1.85 bits per heavy atom. The minimum Gasteiger partial charge on any atom is -0.399 e. The van der Waals surface area contributed by atoms with Gasteiger partial charge in [0.15, 0.2) is 0 Å². The summed E-state index contributed by atoms with van der Waals surface area (Å²) in [6, 6.07) is 10.6. The number of hydrogen-bond acceptors (Lipinski definition) is 5. The first kappa shape index (κ1) is 18.6. The van der Waals surface area contributed by atoms with Gasteiger partial charge in [-0.1, -0.05) is 12.1 Å². The fourth-order valence-corrected chi connectivity index (χ4v) is 2.65. The maximum atomic E-state index is 13.3. The summed E-state index contributed by atoms with van der Waals surface area (Å²) < 4.78 is 39.8. The van der Waals surface area contributed by atoms with Crippen LogP contribution in [0.5, 0.6) is 0 Å². The van der Waals surface area contributed by atoms with Crippen LogP contribution in [-0.4, -0.2) is 21.5 Å². The zero-order chi connectivity index (χ0) is 19.3. The number of nitrogen functional groups attached to an aromatic ring is 1. The lowest BCUT2D eigenvalue weighted by molar-refractivity contribution is -0.137. The minimum atomic E-state index is -4.54. The van der Waals surface area contributed by atoms with Crippen LogP contribution in [0, 0.1) is 0 Å². The molecule has 3 N–H and O–H groups in total. The van der Waals surface area contributed by atoms with Crippen LogP contribution in [0.2, 0.25) is 0 Å². The molecule has 0 aliphatic carbocycles. The number of alkyl halides is 3. The molecule has 0 radical (unpaired) electrons. The van der Waals surface area contributed by atoms with Crippen molar-refractivity contribution in [3.8, 4) is 11.3 Å². The van der Waals surface area contributed by atoms with Crippen molar-refractivity contribution in [1.29, 1.82) is 0 Å². The van der Waals surface area contributed by atoms with Gasteiger partial charge in [-0.25, -0.2) is 9.97 Å². The molecule has 5 nitrogen and oxygen atoms in total. The third-order valence-corrected chi connectivity index (χ3v) is 3.92. The topological polar surface area (TPSA) is 76.7 Å². The Bertz CT molecular complexity index is 897. The molecule has 0 bridgehead atoms. The lowest BCUT2D eigenvalue weighted by atomic mass is 10.1.